The van der Waals surface area contributed by atoms with Crippen LogP contribution in [-0.4, -0.2) is 30.6 Å². The maximum atomic E-state index is 12.5. The van der Waals surface area contributed by atoms with Crippen molar-refractivity contribution in [2.75, 3.05) is 19.8 Å². The number of aromatic nitrogens is 1. The van der Waals surface area contributed by atoms with E-state index in [4.69, 9.17) is 13.9 Å². The number of nitrogens with one attached hydrogen (secondary N) is 1. The van der Waals surface area contributed by atoms with Crippen molar-refractivity contribution < 1.29 is 18.7 Å². The average Bonchev–Trinajstić information content (AvgIpc) is 3.36. The number of carbonyl (C=O) groups excluding carboxylic acids is 1. The molecule has 0 bridgehead atoms. The third-order valence-electron chi connectivity index (χ3n) is 5.00. The molecule has 1 aliphatic heterocycles. The summed E-state index contributed by atoms with van der Waals surface area (Å²) in [5.74, 6) is 2.69. The zero-order valence-electron chi connectivity index (χ0n) is 16.8. The predicted molar refractivity (Wildman–Crippen MR) is 112 cm³/mol. The fourth-order valence-electron chi connectivity index (χ4n) is 3.20. The number of hydrogen-bond acceptors (Lipinski definition) is 6. The van der Waals surface area contributed by atoms with Crippen LogP contribution in [-0.2, 0) is 16.6 Å². The third kappa shape index (κ3) is 4.29. The molecule has 29 heavy (non-hydrogen) atoms. The third-order valence-corrected chi connectivity index (χ3v) is 5.86. The van der Waals surface area contributed by atoms with E-state index < -0.39 is 0 Å². The lowest BCUT2D eigenvalue weighted by molar-refractivity contribution is -0.120. The van der Waals surface area contributed by atoms with E-state index in [1.807, 2.05) is 42.6 Å². The molecule has 152 valence electrons. The van der Waals surface area contributed by atoms with Crippen LogP contribution in [0.5, 0.6) is 11.5 Å². The highest BCUT2D eigenvalue weighted by atomic mass is 32.1. The van der Waals surface area contributed by atoms with E-state index in [9.17, 15) is 4.79 Å². The lowest BCUT2D eigenvalue weighted by Crippen LogP contribution is -2.37. The van der Waals surface area contributed by atoms with E-state index in [0.29, 0.717) is 37.1 Å². The van der Waals surface area contributed by atoms with Crippen LogP contribution in [0.1, 0.15) is 30.9 Å². The topological polar surface area (TPSA) is 73.6 Å². The molecule has 0 fully saturated rings. The van der Waals surface area contributed by atoms with E-state index in [0.717, 1.165) is 21.9 Å². The Labute approximate surface area is 173 Å². The highest BCUT2D eigenvalue weighted by Crippen LogP contribution is 2.35. The van der Waals surface area contributed by atoms with Gasteiger partial charge in [-0.2, -0.15) is 0 Å². The fourth-order valence-corrected chi connectivity index (χ4v) is 3.85. The van der Waals surface area contributed by atoms with Gasteiger partial charge in [0.1, 0.15) is 19.0 Å². The monoisotopic (exact) mass is 412 g/mol. The van der Waals surface area contributed by atoms with Crippen LogP contribution in [0.3, 0.4) is 0 Å². The zero-order valence-corrected chi connectivity index (χ0v) is 17.6. The number of carbonyl (C=O) groups is 1. The van der Waals surface area contributed by atoms with Crippen LogP contribution in [0.25, 0.3) is 10.8 Å². The van der Waals surface area contributed by atoms with Gasteiger partial charge in [-0.25, -0.2) is 4.98 Å². The van der Waals surface area contributed by atoms with Crippen LogP contribution in [0, 0.1) is 6.92 Å². The second-order valence-corrected chi connectivity index (χ2v) is 8.64. The Balaban J connectivity index is 1.39. The second kappa shape index (κ2) is 7.91. The summed E-state index contributed by atoms with van der Waals surface area (Å²) in [6.07, 6.45) is 0.192. The van der Waals surface area contributed by atoms with E-state index in [2.05, 4.69) is 24.1 Å². The Kier molecular flexibility index (Phi) is 5.32. The first-order chi connectivity index (χ1) is 13.9. The van der Waals surface area contributed by atoms with Gasteiger partial charge in [-0.15, -0.1) is 11.3 Å². The normalized spacial score (nSPS) is 13.3. The molecule has 6 nitrogen and oxygen atoms in total. The van der Waals surface area contributed by atoms with Crippen molar-refractivity contribution in [3.8, 4) is 22.3 Å². The molecule has 3 aromatic rings. The summed E-state index contributed by atoms with van der Waals surface area (Å²) in [5.41, 5.74) is 1.50. The van der Waals surface area contributed by atoms with Crippen LogP contribution < -0.4 is 14.8 Å². The molecule has 1 amide bonds. The number of rotatable bonds is 6. The van der Waals surface area contributed by atoms with Gasteiger partial charge in [0, 0.05) is 12.0 Å². The Bertz CT molecular complexity index is 1010. The van der Waals surface area contributed by atoms with E-state index in [1.54, 1.807) is 11.3 Å². The van der Waals surface area contributed by atoms with E-state index >= 15 is 0 Å². The van der Waals surface area contributed by atoms with Gasteiger partial charge in [0.2, 0.25) is 11.8 Å². The van der Waals surface area contributed by atoms with Crippen molar-refractivity contribution in [2.45, 2.75) is 32.6 Å². The largest absolute Gasteiger partial charge is 0.486 e. The van der Waals surface area contributed by atoms with Crippen molar-refractivity contribution in [1.82, 2.24) is 10.3 Å². The maximum Gasteiger partial charge on any atom is 0.236 e. The molecule has 7 heteroatoms. The molecule has 0 aliphatic carbocycles. The predicted octanol–water partition coefficient (Wildman–Crippen LogP) is 4.12. The first-order valence-corrected chi connectivity index (χ1v) is 10.5. The fraction of sp³-hybridized carbons (Fsp3) is 0.364. The standard InChI is InChI=1S/C22H24N2O4S/c1-14-16(24-21(28-14)19-5-4-10-29-19)12-20(25)23-13-22(2,3)15-6-7-17-18(11-15)27-9-8-26-17/h4-7,10-11H,8-9,12-13H2,1-3H3,(H,23,25). The number of benzene rings is 1. The molecule has 0 saturated heterocycles. The van der Waals surface area contributed by atoms with Crippen molar-refractivity contribution in [3.05, 3.63) is 52.7 Å². The smallest absolute Gasteiger partial charge is 0.236 e. The van der Waals surface area contributed by atoms with Crippen LogP contribution in [0.15, 0.2) is 40.1 Å². The number of ether oxygens (including phenoxy) is 2. The molecule has 0 spiro atoms. The molecule has 0 unspecified atom stereocenters. The van der Waals surface area contributed by atoms with Crippen LogP contribution >= 0.6 is 11.3 Å². The first kappa shape index (κ1) is 19.5. The Morgan fingerprint density at radius 3 is 2.76 bits per heavy atom. The molecule has 0 radical (unpaired) electrons. The number of oxazole rings is 1. The summed E-state index contributed by atoms with van der Waals surface area (Å²) in [7, 11) is 0. The first-order valence-electron chi connectivity index (χ1n) is 9.59. The summed E-state index contributed by atoms with van der Waals surface area (Å²) in [5, 5.41) is 5.00. The Hall–Kier alpha value is -2.80. The summed E-state index contributed by atoms with van der Waals surface area (Å²) in [6, 6.07) is 9.85. The number of aryl methyl sites for hydroxylation is 1. The van der Waals surface area contributed by atoms with Gasteiger partial charge in [0.25, 0.3) is 0 Å². The SMILES string of the molecule is Cc1oc(-c2cccs2)nc1CC(=O)NCC(C)(C)c1ccc2c(c1)OCCO2. The summed E-state index contributed by atoms with van der Waals surface area (Å²) in [6.45, 7) is 7.65. The molecule has 3 heterocycles. The summed E-state index contributed by atoms with van der Waals surface area (Å²) in [4.78, 5) is 18.0. The molecular weight excluding hydrogens is 388 g/mol. The van der Waals surface area contributed by atoms with Crippen molar-refractivity contribution >= 4 is 17.2 Å². The quantitative estimate of drug-likeness (QED) is 0.659. The Morgan fingerprint density at radius 1 is 1.21 bits per heavy atom. The lowest BCUT2D eigenvalue weighted by Gasteiger charge is -2.27. The van der Waals surface area contributed by atoms with Crippen molar-refractivity contribution in [2.24, 2.45) is 0 Å². The highest BCUT2D eigenvalue weighted by Gasteiger charge is 2.25. The van der Waals surface area contributed by atoms with Crippen molar-refractivity contribution in [3.63, 3.8) is 0 Å². The molecule has 2 aromatic heterocycles. The molecular formula is C22H24N2O4S. The number of nitrogens with zero attached hydrogens (tertiary/aromatic N) is 1. The maximum absolute atomic E-state index is 12.5. The van der Waals surface area contributed by atoms with Crippen molar-refractivity contribution in [1.29, 1.82) is 0 Å². The minimum absolute atomic E-state index is 0.0789. The number of thiophene rings is 1. The number of hydrogen-bond donors (Lipinski definition) is 1. The molecule has 0 saturated carbocycles. The minimum atomic E-state index is -0.257. The lowest BCUT2D eigenvalue weighted by atomic mass is 9.84. The summed E-state index contributed by atoms with van der Waals surface area (Å²) >= 11 is 1.56. The zero-order chi connectivity index (χ0) is 20.4. The van der Waals surface area contributed by atoms with Crippen LogP contribution in [0.4, 0.5) is 0 Å². The summed E-state index contributed by atoms with van der Waals surface area (Å²) < 4.78 is 17.0. The second-order valence-electron chi connectivity index (χ2n) is 7.70. The van der Waals surface area contributed by atoms with Gasteiger partial charge in [-0.05, 0) is 36.1 Å². The van der Waals surface area contributed by atoms with Gasteiger partial charge in [0.15, 0.2) is 11.5 Å². The highest BCUT2D eigenvalue weighted by molar-refractivity contribution is 7.13. The van der Waals surface area contributed by atoms with Gasteiger partial charge in [-0.3, -0.25) is 4.79 Å². The van der Waals surface area contributed by atoms with Gasteiger partial charge < -0.3 is 19.2 Å². The molecule has 1 N–H and O–H groups in total. The van der Waals surface area contributed by atoms with Crippen LogP contribution in [0.2, 0.25) is 0 Å². The van der Waals surface area contributed by atoms with Gasteiger partial charge in [-0.1, -0.05) is 26.0 Å². The van der Waals surface area contributed by atoms with E-state index in [1.165, 1.54) is 0 Å². The minimum Gasteiger partial charge on any atom is -0.486 e. The number of fused-ring (bicyclic) bond motifs is 1. The molecule has 1 aliphatic rings. The number of amides is 1. The van der Waals surface area contributed by atoms with Gasteiger partial charge in [0.05, 0.1) is 17.0 Å². The molecule has 1 aromatic carbocycles. The Morgan fingerprint density at radius 2 is 2.00 bits per heavy atom. The molecule has 4 rings (SSSR count). The molecule has 0 atom stereocenters. The van der Waals surface area contributed by atoms with E-state index in [-0.39, 0.29) is 17.7 Å². The van der Waals surface area contributed by atoms with Gasteiger partial charge >= 0.3 is 0 Å². The average molecular weight is 413 g/mol.